The van der Waals surface area contributed by atoms with Crippen LogP contribution in [0.3, 0.4) is 0 Å². The van der Waals surface area contributed by atoms with Crippen LogP contribution in [0.5, 0.6) is 0 Å². The van der Waals surface area contributed by atoms with Gasteiger partial charge in [0.2, 0.25) is 0 Å². The molecule has 4 rings (SSSR count). The fourth-order valence-corrected chi connectivity index (χ4v) is 13.9. The molecule has 4 aromatic rings. The summed E-state index contributed by atoms with van der Waals surface area (Å²) in [6.45, 7) is 9.24. The Hall–Kier alpha value is -1.96. The van der Waals surface area contributed by atoms with Gasteiger partial charge in [0, 0.05) is 30.6 Å². The first-order chi connectivity index (χ1) is 34.0. The summed E-state index contributed by atoms with van der Waals surface area (Å²) in [7, 11) is 0. The van der Waals surface area contributed by atoms with Crippen molar-refractivity contribution in [2.75, 3.05) is 11.5 Å². The number of aromatic nitrogens is 2. The van der Waals surface area contributed by atoms with Crippen molar-refractivity contribution in [3.8, 4) is 20.9 Å². The van der Waals surface area contributed by atoms with Gasteiger partial charge in [-0.3, -0.25) is 0 Å². The zero-order valence-electron chi connectivity index (χ0n) is 45.5. The first-order valence-electron chi connectivity index (χ1n) is 30.1. The minimum absolute atomic E-state index is 0.698. The topological polar surface area (TPSA) is 77.8 Å². The van der Waals surface area contributed by atoms with Crippen LogP contribution in [0.25, 0.3) is 31.9 Å². The number of rotatable bonds is 46. The molecule has 0 atom stereocenters. The van der Waals surface area contributed by atoms with Crippen molar-refractivity contribution in [1.82, 2.24) is 8.75 Å². The van der Waals surface area contributed by atoms with E-state index in [9.17, 15) is 0 Å². The average Bonchev–Trinajstić information content (AvgIpc) is 4.11. The first-order valence-corrected chi connectivity index (χ1v) is 32.5. The standard InChI is InChI=1S/C62H106N4S3/c1-5-9-13-17-21-25-29-33-37-41-45-51-49-55(67-53(51)47-43-39-35-31-27-23-19-15-11-7-3)57-59(63)60(64)58(62-61(57)65-69-66-62)56-50-52(46-42-38-34-30-26-22-18-14-10-6-2)54(68-56)48-44-40-36-32-28-24-20-16-12-8-4/h49-50H,5-48,63-64H2,1-4H3. The van der Waals surface area contributed by atoms with Crippen LogP contribution in [0.15, 0.2) is 12.1 Å². The lowest BCUT2D eigenvalue weighted by molar-refractivity contribution is 0.554. The van der Waals surface area contributed by atoms with Crippen molar-refractivity contribution in [1.29, 1.82) is 0 Å². The molecular formula is C62H106N4S3. The van der Waals surface area contributed by atoms with Gasteiger partial charge < -0.3 is 11.5 Å². The number of nitrogen functional groups attached to an aromatic ring is 2. The van der Waals surface area contributed by atoms with E-state index in [1.54, 1.807) is 9.75 Å². The number of unbranched alkanes of at least 4 members (excludes halogenated alkanes) is 36. The minimum Gasteiger partial charge on any atom is -0.396 e. The lowest BCUT2D eigenvalue weighted by Gasteiger charge is -2.12. The number of hydrogen-bond donors (Lipinski definition) is 2. The molecule has 4 nitrogen and oxygen atoms in total. The van der Waals surface area contributed by atoms with E-state index in [1.807, 2.05) is 22.7 Å². The third-order valence-corrected chi connectivity index (χ3v) is 18.2. The van der Waals surface area contributed by atoms with E-state index in [0.717, 1.165) is 35.0 Å². The monoisotopic (exact) mass is 1000 g/mol. The van der Waals surface area contributed by atoms with E-state index in [0.29, 0.717) is 11.4 Å². The SMILES string of the molecule is CCCCCCCCCCCCc1cc(-c2c(N)c(N)c(-c3cc(CCCCCCCCCCCC)c(CCCCCCCCCCCC)s3)c3nsnc23)sc1CCCCCCCCCCCC. The second-order valence-corrected chi connectivity index (χ2v) is 24.2. The van der Waals surface area contributed by atoms with Crippen molar-refractivity contribution in [3.63, 3.8) is 0 Å². The van der Waals surface area contributed by atoms with Crippen LogP contribution < -0.4 is 11.5 Å². The number of aryl methyl sites for hydroxylation is 4. The number of nitrogens with two attached hydrogens (primary N) is 2. The molecule has 0 aliphatic heterocycles. The highest BCUT2D eigenvalue weighted by Crippen LogP contribution is 2.49. The molecule has 0 amide bonds. The molecule has 0 fully saturated rings. The Morgan fingerprint density at radius 2 is 0.551 bits per heavy atom. The second-order valence-electron chi connectivity index (χ2n) is 21.4. The molecule has 0 radical (unpaired) electrons. The molecular weight excluding hydrogens is 897 g/mol. The van der Waals surface area contributed by atoms with Crippen LogP contribution in [0.2, 0.25) is 0 Å². The lowest BCUT2D eigenvalue weighted by atomic mass is 9.98. The van der Waals surface area contributed by atoms with Gasteiger partial charge in [-0.15, -0.1) is 22.7 Å². The fraction of sp³-hybridized carbons (Fsp3) is 0.774. The molecule has 3 heterocycles. The highest BCUT2D eigenvalue weighted by molar-refractivity contribution is 7.16. The van der Waals surface area contributed by atoms with E-state index in [2.05, 4.69) is 39.8 Å². The number of anilines is 2. The van der Waals surface area contributed by atoms with Gasteiger partial charge in [-0.1, -0.05) is 259 Å². The summed E-state index contributed by atoms with van der Waals surface area (Å²) < 4.78 is 10.0. The molecule has 4 N–H and O–H groups in total. The Bertz CT molecular complexity index is 1640. The molecule has 0 aliphatic rings. The minimum atomic E-state index is 0.698. The van der Waals surface area contributed by atoms with Crippen LogP contribution >= 0.6 is 34.4 Å². The summed E-state index contributed by atoms with van der Waals surface area (Å²) in [5.74, 6) is 0. The van der Waals surface area contributed by atoms with E-state index in [4.69, 9.17) is 20.2 Å². The van der Waals surface area contributed by atoms with Crippen molar-refractivity contribution in [2.24, 2.45) is 0 Å². The summed E-state index contributed by atoms with van der Waals surface area (Å²) in [4.78, 5) is 5.60. The highest BCUT2D eigenvalue weighted by Gasteiger charge is 2.25. The van der Waals surface area contributed by atoms with Crippen LogP contribution in [0, 0.1) is 0 Å². The molecule has 0 saturated carbocycles. The lowest BCUT2D eigenvalue weighted by Crippen LogP contribution is -2.01. The molecule has 0 saturated heterocycles. The maximum atomic E-state index is 7.26. The van der Waals surface area contributed by atoms with Gasteiger partial charge in [0.25, 0.3) is 0 Å². The second kappa shape index (κ2) is 38.6. The summed E-state index contributed by atoms with van der Waals surface area (Å²) >= 11 is 5.26. The quantitative estimate of drug-likeness (QED) is 0.0342. The van der Waals surface area contributed by atoms with E-state index < -0.39 is 0 Å². The average molecular weight is 1000 g/mol. The van der Waals surface area contributed by atoms with E-state index in [1.165, 1.54) is 302 Å². The van der Waals surface area contributed by atoms with Gasteiger partial charge in [0.15, 0.2) is 0 Å². The summed E-state index contributed by atoms with van der Waals surface area (Å²) in [5.41, 5.74) is 22.9. The molecule has 0 unspecified atom stereocenters. The summed E-state index contributed by atoms with van der Waals surface area (Å²) in [5, 5.41) is 0. The zero-order valence-corrected chi connectivity index (χ0v) is 48.0. The van der Waals surface area contributed by atoms with Crippen LogP contribution in [-0.4, -0.2) is 8.75 Å². The van der Waals surface area contributed by atoms with Gasteiger partial charge in [0.1, 0.15) is 11.0 Å². The Labute approximate surface area is 438 Å². The third kappa shape index (κ3) is 23.2. The molecule has 1 aromatic carbocycles. The van der Waals surface area contributed by atoms with Gasteiger partial charge >= 0.3 is 0 Å². The smallest absolute Gasteiger partial charge is 0.116 e. The number of hydrogen-bond acceptors (Lipinski definition) is 7. The van der Waals surface area contributed by atoms with Gasteiger partial charge in [-0.25, -0.2) is 0 Å². The molecule has 69 heavy (non-hydrogen) atoms. The number of thiophene rings is 2. The van der Waals surface area contributed by atoms with Crippen molar-refractivity contribution < 1.29 is 0 Å². The zero-order chi connectivity index (χ0) is 49.0. The summed E-state index contributed by atoms with van der Waals surface area (Å²) in [6, 6.07) is 4.96. The largest absolute Gasteiger partial charge is 0.396 e. The maximum absolute atomic E-state index is 7.26. The molecule has 3 aromatic heterocycles. The van der Waals surface area contributed by atoms with Gasteiger partial charge in [0.05, 0.1) is 23.1 Å². The third-order valence-electron chi connectivity index (χ3n) is 15.2. The van der Waals surface area contributed by atoms with E-state index >= 15 is 0 Å². The Morgan fingerprint density at radius 3 is 0.812 bits per heavy atom. The van der Waals surface area contributed by atoms with Crippen molar-refractivity contribution >= 4 is 56.8 Å². The first kappa shape index (κ1) is 59.6. The normalized spacial score (nSPS) is 11.8. The van der Waals surface area contributed by atoms with Gasteiger partial charge in [-0.2, -0.15) is 8.75 Å². The van der Waals surface area contributed by atoms with Crippen LogP contribution in [0.1, 0.15) is 305 Å². The predicted octanol–water partition coefficient (Wildman–Crippen LogP) is 22.2. The summed E-state index contributed by atoms with van der Waals surface area (Å²) in [6.07, 6.45) is 59.5. The number of fused-ring (bicyclic) bond motifs is 1. The Morgan fingerprint density at radius 1 is 0.319 bits per heavy atom. The molecule has 0 spiro atoms. The van der Waals surface area contributed by atoms with Gasteiger partial charge in [-0.05, 0) is 74.6 Å². The fourth-order valence-electron chi connectivity index (χ4n) is 10.7. The Balaban J connectivity index is 1.48. The number of nitrogens with zero attached hydrogens (tertiary/aromatic N) is 2. The van der Waals surface area contributed by atoms with E-state index in [-0.39, 0.29) is 0 Å². The highest BCUT2D eigenvalue weighted by atomic mass is 32.1. The molecule has 392 valence electrons. The molecule has 0 aliphatic carbocycles. The Kier molecular flexibility index (Phi) is 33.4. The molecule has 0 bridgehead atoms. The predicted molar refractivity (Wildman–Crippen MR) is 315 cm³/mol. The van der Waals surface area contributed by atoms with Crippen LogP contribution in [-0.2, 0) is 25.7 Å². The molecule has 7 heteroatoms. The number of benzene rings is 1. The van der Waals surface area contributed by atoms with Crippen molar-refractivity contribution in [2.45, 2.75) is 310 Å². The maximum Gasteiger partial charge on any atom is 0.116 e. The van der Waals surface area contributed by atoms with Crippen LogP contribution in [0.4, 0.5) is 11.4 Å². The van der Waals surface area contributed by atoms with Crippen molar-refractivity contribution in [3.05, 3.63) is 33.0 Å².